The molecule has 0 radical (unpaired) electrons. The van der Waals surface area contributed by atoms with Gasteiger partial charge in [0.2, 0.25) is 0 Å². The maximum Gasteiger partial charge on any atom is 0.405 e. The lowest BCUT2D eigenvalue weighted by Gasteiger charge is -2.10. The molecule has 0 aliphatic rings. The van der Waals surface area contributed by atoms with Gasteiger partial charge >= 0.3 is 18.0 Å². The standard InChI is InChI=1S/C11H13F3N2O4/c12-11(13,14)6-16-10(19)9(18)15-3-1-8(17)7-2-4-20-5-7/h2,4-5,8,17H,1,3,6H2,(H,15,18)(H,16,19). The predicted molar refractivity (Wildman–Crippen MR) is 60.4 cm³/mol. The number of amides is 2. The van der Waals surface area contributed by atoms with Gasteiger partial charge in [0, 0.05) is 12.1 Å². The van der Waals surface area contributed by atoms with Gasteiger partial charge in [-0.15, -0.1) is 0 Å². The highest BCUT2D eigenvalue weighted by Crippen LogP contribution is 2.15. The molecular formula is C11H13F3N2O4. The van der Waals surface area contributed by atoms with Gasteiger partial charge in [-0.05, 0) is 12.5 Å². The molecule has 112 valence electrons. The first-order valence-electron chi connectivity index (χ1n) is 5.62. The van der Waals surface area contributed by atoms with Gasteiger partial charge < -0.3 is 20.2 Å². The molecule has 0 bridgehead atoms. The van der Waals surface area contributed by atoms with Crippen LogP contribution in [0.3, 0.4) is 0 Å². The van der Waals surface area contributed by atoms with Crippen molar-refractivity contribution in [2.45, 2.75) is 18.7 Å². The molecule has 0 aliphatic carbocycles. The summed E-state index contributed by atoms with van der Waals surface area (Å²) in [5.74, 6) is -2.56. The van der Waals surface area contributed by atoms with E-state index >= 15 is 0 Å². The molecule has 0 fully saturated rings. The molecule has 1 heterocycles. The molecule has 1 unspecified atom stereocenters. The molecule has 2 amide bonds. The van der Waals surface area contributed by atoms with Gasteiger partial charge in [0.25, 0.3) is 0 Å². The number of alkyl halides is 3. The van der Waals surface area contributed by atoms with Crippen LogP contribution in [0.4, 0.5) is 13.2 Å². The fraction of sp³-hybridized carbons (Fsp3) is 0.455. The molecule has 0 aliphatic heterocycles. The van der Waals surface area contributed by atoms with Crippen LogP contribution in [0.5, 0.6) is 0 Å². The number of carbonyl (C=O) groups is 2. The van der Waals surface area contributed by atoms with Crippen molar-refractivity contribution in [3.63, 3.8) is 0 Å². The number of hydrogen-bond acceptors (Lipinski definition) is 4. The van der Waals surface area contributed by atoms with Crippen molar-refractivity contribution in [3.8, 4) is 0 Å². The van der Waals surface area contributed by atoms with Gasteiger partial charge in [-0.2, -0.15) is 13.2 Å². The number of carbonyl (C=O) groups excluding carboxylic acids is 2. The van der Waals surface area contributed by atoms with E-state index < -0.39 is 30.6 Å². The van der Waals surface area contributed by atoms with Gasteiger partial charge in [0.15, 0.2) is 0 Å². The van der Waals surface area contributed by atoms with E-state index in [0.29, 0.717) is 5.56 Å². The lowest BCUT2D eigenvalue weighted by atomic mass is 10.1. The quantitative estimate of drug-likeness (QED) is 0.690. The Balaban J connectivity index is 2.24. The molecule has 1 rings (SSSR count). The Morgan fingerprint density at radius 2 is 1.95 bits per heavy atom. The Morgan fingerprint density at radius 1 is 1.30 bits per heavy atom. The van der Waals surface area contributed by atoms with E-state index in [1.807, 2.05) is 0 Å². The first-order valence-corrected chi connectivity index (χ1v) is 5.62. The highest BCUT2D eigenvalue weighted by atomic mass is 19.4. The summed E-state index contributed by atoms with van der Waals surface area (Å²) in [6.45, 7) is -1.64. The molecule has 3 N–H and O–H groups in total. The van der Waals surface area contributed by atoms with E-state index in [1.54, 1.807) is 0 Å². The number of aliphatic hydroxyl groups excluding tert-OH is 1. The Morgan fingerprint density at radius 3 is 2.50 bits per heavy atom. The molecule has 1 aromatic rings. The van der Waals surface area contributed by atoms with E-state index in [9.17, 15) is 27.9 Å². The minimum Gasteiger partial charge on any atom is -0.472 e. The van der Waals surface area contributed by atoms with Crippen LogP contribution in [0.25, 0.3) is 0 Å². The smallest absolute Gasteiger partial charge is 0.405 e. The molecule has 1 aromatic heterocycles. The molecular weight excluding hydrogens is 281 g/mol. The number of rotatable bonds is 5. The first-order chi connectivity index (χ1) is 9.29. The summed E-state index contributed by atoms with van der Waals surface area (Å²) in [4.78, 5) is 22.1. The number of nitrogens with one attached hydrogen (secondary N) is 2. The van der Waals surface area contributed by atoms with Crippen LogP contribution < -0.4 is 10.6 Å². The first kappa shape index (κ1) is 16.0. The summed E-state index contributed by atoms with van der Waals surface area (Å²) in [6, 6.07) is 1.53. The predicted octanol–water partition coefficient (Wildman–Crippen LogP) is 0.498. The number of aliphatic hydroxyl groups is 1. The van der Waals surface area contributed by atoms with Gasteiger partial charge in [-0.1, -0.05) is 0 Å². The molecule has 1 atom stereocenters. The Kier molecular flexibility index (Phi) is 5.56. The molecule has 0 saturated heterocycles. The molecule has 0 saturated carbocycles. The third kappa shape index (κ3) is 5.74. The molecule has 20 heavy (non-hydrogen) atoms. The summed E-state index contributed by atoms with van der Waals surface area (Å²) in [5.41, 5.74) is 0.501. The van der Waals surface area contributed by atoms with Crippen molar-refractivity contribution >= 4 is 11.8 Å². The van der Waals surface area contributed by atoms with Crippen molar-refractivity contribution < 1.29 is 32.3 Å². The van der Waals surface area contributed by atoms with E-state index in [-0.39, 0.29) is 13.0 Å². The van der Waals surface area contributed by atoms with E-state index in [1.165, 1.54) is 23.9 Å². The van der Waals surface area contributed by atoms with Crippen LogP contribution in [0.15, 0.2) is 23.0 Å². The van der Waals surface area contributed by atoms with Crippen LogP contribution >= 0.6 is 0 Å². The minimum absolute atomic E-state index is 0.0649. The van der Waals surface area contributed by atoms with Crippen LogP contribution in [0.2, 0.25) is 0 Å². The van der Waals surface area contributed by atoms with Crippen molar-refractivity contribution in [1.29, 1.82) is 0 Å². The Labute approximate surface area is 111 Å². The van der Waals surface area contributed by atoms with Crippen molar-refractivity contribution in [2.24, 2.45) is 0 Å². The van der Waals surface area contributed by atoms with E-state index in [2.05, 4.69) is 5.32 Å². The fourth-order valence-electron chi connectivity index (χ4n) is 1.29. The summed E-state index contributed by atoms with van der Waals surface area (Å²) < 4.78 is 40.2. The SMILES string of the molecule is O=C(NCCC(O)c1ccoc1)C(=O)NCC(F)(F)F. The van der Waals surface area contributed by atoms with Crippen LogP contribution in [0.1, 0.15) is 18.1 Å². The molecule has 0 spiro atoms. The Bertz CT molecular complexity index is 445. The van der Waals surface area contributed by atoms with Crippen LogP contribution in [-0.4, -0.2) is 36.2 Å². The number of hydrogen-bond donors (Lipinski definition) is 3. The maximum atomic E-state index is 11.8. The summed E-state index contributed by atoms with van der Waals surface area (Å²) in [5, 5.41) is 13.1. The van der Waals surface area contributed by atoms with Gasteiger partial charge in [-0.3, -0.25) is 9.59 Å². The third-order valence-corrected chi connectivity index (χ3v) is 2.29. The van der Waals surface area contributed by atoms with E-state index in [4.69, 9.17) is 4.42 Å². The highest BCUT2D eigenvalue weighted by molar-refractivity contribution is 6.35. The zero-order chi connectivity index (χ0) is 15.2. The van der Waals surface area contributed by atoms with Crippen molar-refractivity contribution in [3.05, 3.63) is 24.2 Å². The summed E-state index contributed by atoms with van der Waals surface area (Å²) in [7, 11) is 0. The van der Waals surface area contributed by atoms with Crippen molar-refractivity contribution in [1.82, 2.24) is 10.6 Å². The van der Waals surface area contributed by atoms with Gasteiger partial charge in [0.05, 0.1) is 18.6 Å². The minimum atomic E-state index is -4.58. The second-order valence-corrected chi connectivity index (χ2v) is 3.91. The summed E-state index contributed by atoms with van der Waals surface area (Å²) in [6.07, 6.45) is -2.69. The number of halogens is 3. The second kappa shape index (κ2) is 6.94. The molecule has 6 nitrogen and oxygen atoms in total. The monoisotopic (exact) mass is 294 g/mol. The van der Waals surface area contributed by atoms with Gasteiger partial charge in [-0.25, -0.2) is 0 Å². The van der Waals surface area contributed by atoms with Gasteiger partial charge in [0.1, 0.15) is 6.54 Å². The third-order valence-electron chi connectivity index (χ3n) is 2.29. The highest BCUT2D eigenvalue weighted by Gasteiger charge is 2.29. The normalized spacial score (nSPS) is 12.8. The average Bonchev–Trinajstić information content (AvgIpc) is 2.88. The second-order valence-electron chi connectivity index (χ2n) is 3.91. The lowest BCUT2D eigenvalue weighted by Crippen LogP contribution is -2.43. The zero-order valence-electron chi connectivity index (χ0n) is 10.2. The van der Waals surface area contributed by atoms with E-state index in [0.717, 1.165) is 0 Å². The number of furan rings is 1. The molecule has 9 heteroatoms. The molecule has 0 aromatic carbocycles. The lowest BCUT2D eigenvalue weighted by molar-refractivity contribution is -0.146. The fourth-order valence-corrected chi connectivity index (χ4v) is 1.29. The van der Waals surface area contributed by atoms with Crippen LogP contribution in [0, 0.1) is 0 Å². The van der Waals surface area contributed by atoms with Crippen molar-refractivity contribution in [2.75, 3.05) is 13.1 Å². The average molecular weight is 294 g/mol. The zero-order valence-corrected chi connectivity index (χ0v) is 10.2. The topological polar surface area (TPSA) is 91.6 Å². The largest absolute Gasteiger partial charge is 0.472 e. The maximum absolute atomic E-state index is 11.8. The Hall–Kier alpha value is -2.03. The van der Waals surface area contributed by atoms with Crippen LogP contribution in [-0.2, 0) is 9.59 Å². The summed E-state index contributed by atoms with van der Waals surface area (Å²) >= 11 is 0.